The van der Waals surface area contributed by atoms with E-state index in [4.69, 9.17) is 10.1 Å². The normalized spacial score (nSPS) is 11.6. The minimum Gasteiger partial charge on any atom is -0.478 e. The van der Waals surface area contributed by atoms with Crippen molar-refractivity contribution in [1.82, 2.24) is 9.38 Å². The first-order chi connectivity index (χ1) is 10.8. The summed E-state index contributed by atoms with van der Waals surface area (Å²) in [4.78, 5) is 15.7. The smallest absolute Gasteiger partial charge is 0.335 e. The molecular formula is C18H19N3O2. The van der Waals surface area contributed by atoms with Crippen LogP contribution < -0.4 is 5.32 Å². The van der Waals surface area contributed by atoms with Crippen LogP contribution in [0.25, 0.3) is 16.9 Å². The number of imidazole rings is 1. The molecule has 23 heavy (non-hydrogen) atoms. The quantitative estimate of drug-likeness (QED) is 0.770. The lowest BCUT2D eigenvalue weighted by atomic mass is 10.1. The van der Waals surface area contributed by atoms with Crippen LogP contribution in [0, 0.1) is 0 Å². The molecule has 0 radical (unpaired) electrons. The number of carbonyl (C=O) groups is 1. The number of carboxylic acids is 1. The van der Waals surface area contributed by atoms with Crippen LogP contribution in [0.5, 0.6) is 0 Å². The largest absolute Gasteiger partial charge is 0.478 e. The highest BCUT2D eigenvalue weighted by Gasteiger charge is 2.19. The SMILES string of the molecule is CC(C)(C)Nc1c(-c2ccc(C(=O)O)cc2)nc2ccccn12. The maximum Gasteiger partial charge on any atom is 0.335 e. The number of carboxylic acid groups (broad SMARTS) is 1. The van der Waals surface area contributed by atoms with Gasteiger partial charge >= 0.3 is 5.97 Å². The molecule has 2 N–H and O–H groups in total. The summed E-state index contributed by atoms with van der Waals surface area (Å²) >= 11 is 0. The number of rotatable bonds is 3. The second-order valence-electron chi connectivity index (χ2n) is 6.50. The first-order valence-electron chi connectivity index (χ1n) is 7.44. The van der Waals surface area contributed by atoms with Crippen LogP contribution in [-0.2, 0) is 0 Å². The van der Waals surface area contributed by atoms with Crippen molar-refractivity contribution >= 4 is 17.4 Å². The van der Waals surface area contributed by atoms with Crippen molar-refractivity contribution in [2.45, 2.75) is 26.3 Å². The highest BCUT2D eigenvalue weighted by Crippen LogP contribution is 2.30. The number of nitrogens with one attached hydrogen (secondary N) is 1. The maximum atomic E-state index is 11.0. The van der Waals surface area contributed by atoms with Crippen LogP contribution in [0.15, 0.2) is 48.7 Å². The van der Waals surface area contributed by atoms with E-state index >= 15 is 0 Å². The second kappa shape index (κ2) is 5.43. The number of aromatic carboxylic acids is 1. The number of pyridine rings is 1. The summed E-state index contributed by atoms with van der Waals surface area (Å²) in [5, 5.41) is 12.5. The van der Waals surface area contributed by atoms with Crippen molar-refractivity contribution in [2.75, 3.05) is 5.32 Å². The van der Waals surface area contributed by atoms with Gasteiger partial charge in [0.25, 0.3) is 0 Å². The molecule has 0 atom stereocenters. The summed E-state index contributed by atoms with van der Waals surface area (Å²) in [5.41, 5.74) is 2.68. The van der Waals surface area contributed by atoms with Crippen LogP contribution in [0.4, 0.5) is 5.82 Å². The molecule has 3 rings (SSSR count). The van der Waals surface area contributed by atoms with E-state index in [0.29, 0.717) is 0 Å². The van der Waals surface area contributed by atoms with E-state index in [1.165, 1.54) is 0 Å². The molecule has 5 nitrogen and oxygen atoms in total. The van der Waals surface area contributed by atoms with Gasteiger partial charge in [-0.1, -0.05) is 18.2 Å². The summed E-state index contributed by atoms with van der Waals surface area (Å²) in [6.45, 7) is 6.27. The minimum absolute atomic E-state index is 0.123. The Balaban J connectivity index is 2.15. The van der Waals surface area contributed by atoms with Gasteiger partial charge in [0.05, 0.1) is 5.56 Å². The lowest BCUT2D eigenvalue weighted by Crippen LogP contribution is -2.27. The van der Waals surface area contributed by atoms with Gasteiger partial charge in [0.2, 0.25) is 0 Å². The van der Waals surface area contributed by atoms with Crippen LogP contribution in [-0.4, -0.2) is 26.0 Å². The molecule has 0 aliphatic rings. The Morgan fingerprint density at radius 3 is 2.43 bits per heavy atom. The molecule has 0 fully saturated rings. The van der Waals surface area contributed by atoms with Crippen molar-refractivity contribution in [3.63, 3.8) is 0 Å². The molecule has 2 aromatic heterocycles. The van der Waals surface area contributed by atoms with E-state index in [-0.39, 0.29) is 11.1 Å². The van der Waals surface area contributed by atoms with Crippen LogP contribution >= 0.6 is 0 Å². The molecule has 5 heteroatoms. The Morgan fingerprint density at radius 2 is 1.83 bits per heavy atom. The average Bonchev–Trinajstić information content (AvgIpc) is 2.84. The number of hydrogen-bond donors (Lipinski definition) is 2. The van der Waals surface area contributed by atoms with Crippen LogP contribution in [0.1, 0.15) is 31.1 Å². The van der Waals surface area contributed by atoms with Gasteiger partial charge in [-0.05, 0) is 45.0 Å². The molecule has 0 saturated heterocycles. The number of anilines is 1. The Labute approximate surface area is 134 Å². The Morgan fingerprint density at radius 1 is 1.13 bits per heavy atom. The van der Waals surface area contributed by atoms with Gasteiger partial charge in [0.15, 0.2) is 0 Å². The van der Waals surface area contributed by atoms with E-state index in [2.05, 4.69) is 26.1 Å². The predicted molar refractivity (Wildman–Crippen MR) is 91.0 cm³/mol. The standard InChI is InChI=1S/C18H19N3O2/c1-18(2,3)20-16-15(19-14-6-4-5-11-21(14)16)12-7-9-13(10-8-12)17(22)23/h4-11,20H,1-3H3,(H,22,23). The predicted octanol–water partition coefficient (Wildman–Crippen LogP) is 3.91. The Kier molecular flexibility index (Phi) is 3.56. The number of fused-ring (bicyclic) bond motifs is 1. The number of benzene rings is 1. The van der Waals surface area contributed by atoms with Gasteiger partial charge < -0.3 is 10.4 Å². The van der Waals surface area contributed by atoms with Gasteiger partial charge in [-0.2, -0.15) is 0 Å². The third-order valence-corrected chi connectivity index (χ3v) is 3.43. The fourth-order valence-electron chi connectivity index (χ4n) is 2.44. The van der Waals surface area contributed by atoms with E-state index in [0.717, 1.165) is 22.7 Å². The van der Waals surface area contributed by atoms with Gasteiger partial charge in [0.1, 0.15) is 17.2 Å². The Hall–Kier alpha value is -2.82. The molecule has 0 saturated carbocycles. The first kappa shape index (κ1) is 15.1. The van der Waals surface area contributed by atoms with Crippen molar-refractivity contribution < 1.29 is 9.90 Å². The molecule has 0 aliphatic carbocycles. The topological polar surface area (TPSA) is 66.6 Å². The van der Waals surface area contributed by atoms with Gasteiger partial charge in [-0.15, -0.1) is 0 Å². The molecule has 2 heterocycles. The molecule has 3 aromatic rings. The lowest BCUT2D eigenvalue weighted by molar-refractivity contribution is 0.0697. The van der Waals surface area contributed by atoms with Crippen molar-refractivity contribution in [3.05, 3.63) is 54.2 Å². The molecular weight excluding hydrogens is 290 g/mol. The van der Waals surface area contributed by atoms with Gasteiger partial charge in [0, 0.05) is 17.3 Å². The van der Waals surface area contributed by atoms with E-state index in [1.807, 2.05) is 28.8 Å². The van der Waals surface area contributed by atoms with Crippen molar-refractivity contribution in [2.24, 2.45) is 0 Å². The molecule has 118 valence electrons. The molecule has 0 amide bonds. The molecule has 0 spiro atoms. The molecule has 1 aromatic carbocycles. The van der Waals surface area contributed by atoms with Gasteiger partial charge in [-0.3, -0.25) is 4.40 Å². The van der Waals surface area contributed by atoms with Gasteiger partial charge in [-0.25, -0.2) is 9.78 Å². The fourth-order valence-corrected chi connectivity index (χ4v) is 2.44. The lowest BCUT2D eigenvalue weighted by Gasteiger charge is -2.22. The zero-order valence-corrected chi connectivity index (χ0v) is 13.4. The van der Waals surface area contributed by atoms with E-state index in [1.54, 1.807) is 24.3 Å². The maximum absolute atomic E-state index is 11.0. The fraction of sp³-hybridized carbons (Fsp3) is 0.222. The third-order valence-electron chi connectivity index (χ3n) is 3.43. The second-order valence-corrected chi connectivity index (χ2v) is 6.50. The summed E-state index contributed by atoms with van der Waals surface area (Å²) < 4.78 is 2.01. The zero-order valence-electron chi connectivity index (χ0n) is 13.4. The summed E-state index contributed by atoms with van der Waals surface area (Å²) in [6.07, 6.45) is 1.96. The summed E-state index contributed by atoms with van der Waals surface area (Å²) in [6, 6.07) is 12.6. The van der Waals surface area contributed by atoms with Crippen molar-refractivity contribution in [3.8, 4) is 11.3 Å². The Bertz CT molecular complexity index is 858. The highest BCUT2D eigenvalue weighted by atomic mass is 16.4. The summed E-state index contributed by atoms with van der Waals surface area (Å²) in [5.74, 6) is -0.0317. The minimum atomic E-state index is -0.931. The number of hydrogen-bond acceptors (Lipinski definition) is 3. The monoisotopic (exact) mass is 309 g/mol. The molecule has 0 unspecified atom stereocenters. The number of nitrogens with zero attached hydrogens (tertiary/aromatic N) is 2. The van der Waals surface area contributed by atoms with Crippen LogP contribution in [0.2, 0.25) is 0 Å². The van der Waals surface area contributed by atoms with E-state index < -0.39 is 5.97 Å². The number of aromatic nitrogens is 2. The van der Waals surface area contributed by atoms with E-state index in [9.17, 15) is 4.79 Å². The molecule has 0 aliphatic heterocycles. The van der Waals surface area contributed by atoms with Crippen molar-refractivity contribution in [1.29, 1.82) is 0 Å². The third kappa shape index (κ3) is 3.04. The summed E-state index contributed by atoms with van der Waals surface area (Å²) in [7, 11) is 0. The zero-order chi connectivity index (χ0) is 16.6. The average molecular weight is 309 g/mol. The molecule has 0 bridgehead atoms. The first-order valence-corrected chi connectivity index (χ1v) is 7.44. The van der Waals surface area contributed by atoms with Crippen LogP contribution in [0.3, 0.4) is 0 Å². The highest BCUT2D eigenvalue weighted by molar-refractivity contribution is 5.88.